The van der Waals surface area contributed by atoms with Gasteiger partial charge in [-0.05, 0) is 44.4 Å². The maximum atomic E-state index is 12.1. The maximum absolute atomic E-state index is 12.1. The number of aromatic nitrogens is 1. The molecule has 0 saturated carbocycles. The number of carbonyl (C=O) groups is 1. The van der Waals surface area contributed by atoms with Crippen LogP contribution in [0.15, 0.2) is 29.8 Å². The molecule has 22 heavy (non-hydrogen) atoms. The Balaban J connectivity index is 1.67. The molecule has 0 aliphatic carbocycles. The van der Waals surface area contributed by atoms with Crippen molar-refractivity contribution in [1.29, 1.82) is 0 Å². The van der Waals surface area contributed by atoms with Gasteiger partial charge >= 0.3 is 0 Å². The Morgan fingerprint density at radius 1 is 1.41 bits per heavy atom. The van der Waals surface area contributed by atoms with Crippen molar-refractivity contribution in [2.75, 3.05) is 6.54 Å². The van der Waals surface area contributed by atoms with Crippen molar-refractivity contribution in [3.8, 4) is 10.4 Å². The minimum atomic E-state index is -0.0263. The minimum absolute atomic E-state index is 0.0199. The van der Waals surface area contributed by atoms with Gasteiger partial charge in [-0.15, -0.1) is 11.3 Å². The fourth-order valence-corrected chi connectivity index (χ4v) is 3.62. The molecule has 1 amide bonds. The van der Waals surface area contributed by atoms with Crippen LogP contribution in [0.3, 0.4) is 0 Å². The topological polar surface area (TPSA) is 54.0 Å². The Morgan fingerprint density at radius 2 is 2.18 bits per heavy atom. The van der Waals surface area contributed by atoms with Gasteiger partial charge in [-0.1, -0.05) is 24.3 Å². The van der Waals surface area contributed by atoms with Gasteiger partial charge < -0.3 is 10.6 Å². The molecule has 2 N–H and O–H groups in total. The van der Waals surface area contributed by atoms with Crippen LogP contribution in [0.1, 0.15) is 37.1 Å². The van der Waals surface area contributed by atoms with Crippen molar-refractivity contribution in [1.82, 2.24) is 15.6 Å². The lowest BCUT2D eigenvalue weighted by molar-refractivity contribution is -0.123. The molecule has 5 heteroatoms. The van der Waals surface area contributed by atoms with E-state index in [0.717, 1.165) is 30.6 Å². The number of hydrogen-bond acceptors (Lipinski definition) is 4. The maximum Gasteiger partial charge on any atom is 0.237 e. The van der Waals surface area contributed by atoms with Gasteiger partial charge in [-0.2, -0.15) is 0 Å². The number of hydrogen-bond donors (Lipinski definition) is 2. The summed E-state index contributed by atoms with van der Waals surface area (Å²) in [5.74, 6) is 0.104. The van der Waals surface area contributed by atoms with Gasteiger partial charge in [-0.25, -0.2) is 4.98 Å². The van der Waals surface area contributed by atoms with Gasteiger partial charge in [-0.3, -0.25) is 4.79 Å². The van der Waals surface area contributed by atoms with Crippen molar-refractivity contribution >= 4 is 17.2 Å². The molecule has 116 valence electrons. The van der Waals surface area contributed by atoms with Crippen LogP contribution in [-0.2, 0) is 4.79 Å². The smallest absolute Gasteiger partial charge is 0.237 e. The Kier molecular flexibility index (Phi) is 4.55. The van der Waals surface area contributed by atoms with Gasteiger partial charge in [0, 0.05) is 0 Å². The van der Waals surface area contributed by atoms with Crippen molar-refractivity contribution < 1.29 is 4.79 Å². The van der Waals surface area contributed by atoms with E-state index in [0.29, 0.717) is 0 Å². The molecule has 4 nitrogen and oxygen atoms in total. The molecule has 0 radical (unpaired) electrons. The molecule has 0 spiro atoms. The number of amides is 1. The zero-order chi connectivity index (χ0) is 15.5. The molecule has 1 unspecified atom stereocenters. The molecule has 2 aromatic rings. The number of nitrogens with zero attached hydrogens (tertiary/aromatic N) is 1. The SMILES string of the molecule is Cc1ncsc1-c1ccc(C(C)NC(=O)[C@@H]2CCCN2)cc1. The summed E-state index contributed by atoms with van der Waals surface area (Å²) in [6.07, 6.45) is 2.01. The van der Waals surface area contributed by atoms with Crippen LogP contribution in [0, 0.1) is 6.92 Å². The van der Waals surface area contributed by atoms with Crippen molar-refractivity contribution in [3.05, 3.63) is 41.0 Å². The minimum Gasteiger partial charge on any atom is -0.348 e. The van der Waals surface area contributed by atoms with Crippen LogP contribution in [0.4, 0.5) is 0 Å². The number of thiazole rings is 1. The highest BCUT2D eigenvalue weighted by Crippen LogP contribution is 2.28. The van der Waals surface area contributed by atoms with Crippen LogP contribution in [-0.4, -0.2) is 23.5 Å². The molecule has 1 fully saturated rings. The van der Waals surface area contributed by atoms with Crippen molar-refractivity contribution in [3.63, 3.8) is 0 Å². The fourth-order valence-electron chi connectivity index (χ4n) is 2.81. The summed E-state index contributed by atoms with van der Waals surface area (Å²) in [6.45, 7) is 4.99. The van der Waals surface area contributed by atoms with Crippen molar-refractivity contribution in [2.24, 2.45) is 0 Å². The summed E-state index contributed by atoms with van der Waals surface area (Å²) in [5.41, 5.74) is 5.24. The first-order valence-electron chi connectivity index (χ1n) is 7.69. The third-order valence-corrected chi connectivity index (χ3v) is 5.13. The first-order valence-corrected chi connectivity index (χ1v) is 8.57. The standard InChI is InChI=1S/C17H21N3OS/c1-11(20-17(21)15-4-3-9-18-15)13-5-7-14(8-6-13)16-12(2)19-10-22-16/h5-8,10-11,15,18H,3-4,9H2,1-2H3,(H,20,21)/t11?,15-/m0/s1. The molecule has 1 saturated heterocycles. The highest BCUT2D eigenvalue weighted by molar-refractivity contribution is 7.13. The number of nitrogens with one attached hydrogen (secondary N) is 2. The van der Waals surface area contributed by atoms with E-state index in [1.54, 1.807) is 11.3 Å². The van der Waals surface area contributed by atoms with E-state index in [1.165, 1.54) is 10.4 Å². The molecule has 2 atom stereocenters. The Morgan fingerprint density at radius 3 is 2.77 bits per heavy atom. The first-order chi connectivity index (χ1) is 10.6. The van der Waals surface area contributed by atoms with E-state index in [2.05, 4.69) is 39.9 Å². The number of benzene rings is 1. The second-order valence-corrected chi connectivity index (χ2v) is 6.62. The van der Waals surface area contributed by atoms with E-state index in [4.69, 9.17) is 0 Å². The molecule has 0 bridgehead atoms. The van der Waals surface area contributed by atoms with Gasteiger partial charge in [0.25, 0.3) is 0 Å². The number of carbonyl (C=O) groups excluding carboxylic acids is 1. The van der Waals surface area contributed by atoms with E-state index >= 15 is 0 Å². The molecule has 1 aromatic carbocycles. The van der Waals surface area contributed by atoms with Crippen LogP contribution in [0.5, 0.6) is 0 Å². The third-order valence-electron chi connectivity index (χ3n) is 4.15. The zero-order valence-electron chi connectivity index (χ0n) is 12.9. The third kappa shape index (κ3) is 3.20. The average molecular weight is 315 g/mol. The fraction of sp³-hybridized carbons (Fsp3) is 0.412. The summed E-state index contributed by atoms with van der Waals surface area (Å²) in [6, 6.07) is 8.37. The van der Waals surface area contributed by atoms with Gasteiger partial charge in [0.15, 0.2) is 0 Å². The predicted octanol–water partition coefficient (Wildman–Crippen LogP) is 3.05. The summed E-state index contributed by atoms with van der Waals surface area (Å²) in [7, 11) is 0. The predicted molar refractivity (Wildman–Crippen MR) is 89.9 cm³/mol. The summed E-state index contributed by atoms with van der Waals surface area (Å²) >= 11 is 1.66. The first kappa shape index (κ1) is 15.2. The average Bonchev–Trinajstić information content (AvgIpc) is 3.18. The van der Waals surface area contributed by atoms with Gasteiger partial charge in [0.1, 0.15) is 0 Å². The lowest BCUT2D eigenvalue weighted by Gasteiger charge is -2.18. The summed E-state index contributed by atoms with van der Waals surface area (Å²) in [4.78, 5) is 17.6. The largest absolute Gasteiger partial charge is 0.348 e. The molecule has 1 aliphatic heterocycles. The highest BCUT2D eigenvalue weighted by atomic mass is 32.1. The van der Waals surface area contributed by atoms with E-state index in [-0.39, 0.29) is 18.0 Å². The lowest BCUT2D eigenvalue weighted by atomic mass is 10.0. The lowest BCUT2D eigenvalue weighted by Crippen LogP contribution is -2.41. The molecular weight excluding hydrogens is 294 g/mol. The van der Waals surface area contributed by atoms with E-state index < -0.39 is 0 Å². The van der Waals surface area contributed by atoms with Crippen LogP contribution >= 0.6 is 11.3 Å². The monoisotopic (exact) mass is 315 g/mol. The summed E-state index contributed by atoms with van der Waals surface area (Å²) in [5, 5.41) is 6.32. The van der Waals surface area contributed by atoms with Crippen LogP contribution < -0.4 is 10.6 Å². The quantitative estimate of drug-likeness (QED) is 0.912. The number of aryl methyl sites for hydroxylation is 1. The van der Waals surface area contributed by atoms with Gasteiger partial charge in [0.05, 0.1) is 28.2 Å². The van der Waals surface area contributed by atoms with Crippen LogP contribution in [0.25, 0.3) is 10.4 Å². The zero-order valence-corrected chi connectivity index (χ0v) is 13.7. The normalized spacial score (nSPS) is 19.1. The highest BCUT2D eigenvalue weighted by Gasteiger charge is 2.23. The Hall–Kier alpha value is -1.72. The van der Waals surface area contributed by atoms with Gasteiger partial charge in [0.2, 0.25) is 5.91 Å². The molecular formula is C17H21N3OS. The van der Waals surface area contributed by atoms with E-state index in [9.17, 15) is 4.79 Å². The second kappa shape index (κ2) is 6.58. The molecule has 2 heterocycles. The molecule has 3 rings (SSSR count). The molecule has 1 aliphatic rings. The van der Waals surface area contributed by atoms with Crippen LogP contribution in [0.2, 0.25) is 0 Å². The van der Waals surface area contributed by atoms with E-state index in [1.807, 2.05) is 19.4 Å². The number of rotatable bonds is 4. The summed E-state index contributed by atoms with van der Waals surface area (Å²) < 4.78 is 0. The molecule has 1 aromatic heterocycles. The second-order valence-electron chi connectivity index (χ2n) is 5.77. The Labute approximate surface area is 135 Å². The van der Waals surface area contributed by atoms with Crippen molar-refractivity contribution in [2.45, 2.75) is 38.8 Å². The Bertz CT molecular complexity index is 644.